The van der Waals surface area contributed by atoms with Crippen LogP contribution in [0.1, 0.15) is 22.7 Å². The summed E-state index contributed by atoms with van der Waals surface area (Å²) in [5.74, 6) is 0.199. The van der Waals surface area contributed by atoms with Gasteiger partial charge in [-0.3, -0.25) is 0 Å². The first-order valence-electron chi connectivity index (χ1n) is 4.43. The second-order valence-electron chi connectivity index (χ2n) is 3.39. The maximum atomic E-state index is 9.81. The van der Waals surface area contributed by atoms with Gasteiger partial charge in [-0.15, -0.1) is 0 Å². The van der Waals surface area contributed by atoms with Crippen LogP contribution in [0, 0.1) is 13.8 Å². The first kappa shape index (κ1) is 11.3. The molecule has 3 nitrogen and oxygen atoms in total. The highest BCUT2D eigenvalue weighted by Gasteiger charge is 2.14. The van der Waals surface area contributed by atoms with Crippen LogP contribution in [-0.2, 0) is 0 Å². The predicted molar refractivity (Wildman–Crippen MR) is 58.6 cm³/mol. The molecule has 1 rings (SSSR count). The zero-order valence-electron chi connectivity index (χ0n) is 8.34. The number of nitrogens with two attached hydrogens (primary N) is 2. The molecule has 0 aliphatic carbocycles. The summed E-state index contributed by atoms with van der Waals surface area (Å²) in [4.78, 5) is 0. The fourth-order valence-electron chi connectivity index (χ4n) is 1.30. The van der Waals surface area contributed by atoms with E-state index in [-0.39, 0.29) is 18.3 Å². The quantitative estimate of drug-likeness (QED) is 0.701. The Bertz CT molecular complexity index is 352. The van der Waals surface area contributed by atoms with Crippen LogP contribution in [0.2, 0.25) is 5.02 Å². The van der Waals surface area contributed by atoms with E-state index >= 15 is 0 Å². The van der Waals surface area contributed by atoms with Crippen LogP contribution in [0.15, 0.2) is 6.07 Å². The molecule has 1 aromatic carbocycles. The van der Waals surface area contributed by atoms with Crippen LogP contribution < -0.4 is 11.5 Å². The van der Waals surface area contributed by atoms with Crippen molar-refractivity contribution in [1.29, 1.82) is 0 Å². The summed E-state index contributed by atoms with van der Waals surface area (Å²) in [5, 5.41) is 10.4. The molecule has 14 heavy (non-hydrogen) atoms. The molecule has 0 bridgehead atoms. The Kier molecular flexibility index (Phi) is 3.37. The van der Waals surface area contributed by atoms with Crippen LogP contribution in [0.3, 0.4) is 0 Å². The molecular formula is C10H15ClN2O. The highest BCUT2D eigenvalue weighted by Crippen LogP contribution is 2.33. The minimum atomic E-state index is -0.369. The van der Waals surface area contributed by atoms with Gasteiger partial charge in [-0.25, -0.2) is 0 Å². The van der Waals surface area contributed by atoms with Gasteiger partial charge in [-0.1, -0.05) is 11.6 Å². The van der Waals surface area contributed by atoms with Crippen molar-refractivity contribution in [2.75, 3.05) is 6.54 Å². The zero-order valence-corrected chi connectivity index (χ0v) is 9.10. The van der Waals surface area contributed by atoms with Crippen LogP contribution in [0.4, 0.5) is 0 Å². The maximum Gasteiger partial charge on any atom is 0.123 e. The number of benzene rings is 1. The molecule has 5 N–H and O–H groups in total. The molecule has 0 unspecified atom stereocenters. The average Bonchev–Trinajstić information content (AvgIpc) is 2.19. The van der Waals surface area contributed by atoms with Crippen LogP contribution >= 0.6 is 11.6 Å². The minimum Gasteiger partial charge on any atom is -0.507 e. The standard InChI is InChI=1S/C10H15ClN2O/c1-5-6(2)10(14)7(3-8(5)11)9(13)4-12/h3,9,14H,4,12-13H2,1-2H3/t9-/m1/s1. The number of aromatic hydroxyl groups is 1. The summed E-state index contributed by atoms with van der Waals surface area (Å²) in [6.07, 6.45) is 0. The Morgan fingerprint density at radius 1 is 1.43 bits per heavy atom. The molecule has 1 atom stereocenters. The van der Waals surface area contributed by atoms with Crippen molar-refractivity contribution in [3.05, 3.63) is 27.8 Å². The molecule has 4 heteroatoms. The third-order valence-electron chi connectivity index (χ3n) is 2.49. The molecule has 78 valence electrons. The Morgan fingerprint density at radius 3 is 2.50 bits per heavy atom. The van der Waals surface area contributed by atoms with Gasteiger partial charge in [0.15, 0.2) is 0 Å². The number of phenolic OH excluding ortho intramolecular Hbond substituents is 1. The highest BCUT2D eigenvalue weighted by atomic mass is 35.5. The summed E-state index contributed by atoms with van der Waals surface area (Å²) < 4.78 is 0. The largest absolute Gasteiger partial charge is 0.507 e. The van der Waals surface area contributed by atoms with Crippen LogP contribution in [-0.4, -0.2) is 11.7 Å². The van der Waals surface area contributed by atoms with Crippen LogP contribution in [0.25, 0.3) is 0 Å². The van der Waals surface area contributed by atoms with E-state index in [1.165, 1.54) is 0 Å². The number of rotatable bonds is 2. The Morgan fingerprint density at radius 2 is 2.00 bits per heavy atom. The van der Waals surface area contributed by atoms with Gasteiger partial charge in [0, 0.05) is 23.2 Å². The first-order valence-corrected chi connectivity index (χ1v) is 4.81. The SMILES string of the molecule is Cc1c(Cl)cc([C@H](N)CN)c(O)c1C. The van der Waals surface area contributed by atoms with Crippen molar-refractivity contribution in [3.8, 4) is 5.75 Å². The lowest BCUT2D eigenvalue weighted by Crippen LogP contribution is -2.21. The first-order chi connectivity index (χ1) is 6.49. The molecule has 0 saturated carbocycles. The van der Waals surface area contributed by atoms with E-state index in [0.29, 0.717) is 10.6 Å². The summed E-state index contributed by atoms with van der Waals surface area (Å²) in [5.41, 5.74) is 13.4. The second-order valence-corrected chi connectivity index (χ2v) is 3.80. The van der Waals surface area contributed by atoms with Crippen molar-refractivity contribution < 1.29 is 5.11 Å². The van der Waals surface area contributed by atoms with Gasteiger partial charge in [0.2, 0.25) is 0 Å². The minimum absolute atomic E-state index is 0.199. The van der Waals surface area contributed by atoms with E-state index < -0.39 is 0 Å². The lowest BCUT2D eigenvalue weighted by atomic mass is 9.99. The van der Waals surface area contributed by atoms with E-state index in [9.17, 15) is 5.11 Å². The summed E-state index contributed by atoms with van der Waals surface area (Å²) >= 11 is 5.98. The monoisotopic (exact) mass is 214 g/mol. The van der Waals surface area contributed by atoms with E-state index in [2.05, 4.69) is 0 Å². The molecule has 1 aromatic rings. The van der Waals surface area contributed by atoms with E-state index in [0.717, 1.165) is 11.1 Å². The van der Waals surface area contributed by atoms with Gasteiger partial charge in [0.05, 0.1) is 0 Å². The topological polar surface area (TPSA) is 72.3 Å². The normalized spacial score (nSPS) is 12.9. The molecule has 0 saturated heterocycles. The average molecular weight is 215 g/mol. The van der Waals surface area contributed by atoms with Gasteiger partial charge in [0.25, 0.3) is 0 Å². The van der Waals surface area contributed by atoms with Gasteiger partial charge in [-0.2, -0.15) is 0 Å². The second kappa shape index (κ2) is 4.17. The highest BCUT2D eigenvalue weighted by molar-refractivity contribution is 6.31. The molecule has 0 spiro atoms. The van der Waals surface area contributed by atoms with Crippen molar-refractivity contribution in [2.45, 2.75) is 19.9 Å². The third-order valence-corrected chi connectivity index (χ3v) is 2.88. The number of hydrogen-bond donors (Lipinski definition) is 3. The van der Waals surface area contributed by atoms with Crippen molar-refractivity contribution in [1.82, 2.24) is 0 Å². The lowest BCUT2D eigenvalue weighted by Gasteiger charge is -2.15. The molecule has 0 aromatic heterocycles. The smallest absolute Gasteiger partial charge is 0.123 e. The summed E-state index contributed by atoms with van der Waals surface area (Å²) in [6.45, 7) is 3.95. The molecular weight excluding hydrogens is 200 g/mol. The molecule has 0 fully saturated rings. The summed E-state index contributed by atoms with van der Waals surface area (Å²) in [6, 6.07) is 1.31. The van der Waals surface area contributed by atoms with E-state index in [4.69, 9.17) is 23.1 Å². The Labute approximate surface area is 88.7 Å². The number of halogens is 1. The van der Waals surface area contributed by atoms with Crippen molar-refractivity contribution >= 4 is 11.6 Å². The van der Waals surface area contributed by atoms with Crippen molar-refractivity contribution in [3.63, 3.8) is 0 Å². The number of hydrogen-bond acceptors (Lipinski definition) is 3. The van der Waals surface area contributed by atoms with E-state index in [1.807, 2.05) is 13.8 Å². The lowest BCUT2D eigenvalue weighted by molar-refractivity contribution is 0.457. The number of phenols is 1. The van der Waals surface area contributed by atoms with Gasteiger partial charge in [-0.05, 0) is 31.0 Å². The molecule has 0 heterocycles. The van der Waals surface area contributed by atoms with Crippen molar-refractivity contribution in [2.24, 2.45) is 11.5 Å². The maximum absolute atomic E-state index is 9.81. The Hall–Kier alpha value is -0.770. The Balaban J connectivity index is 3.33. The third kappa shape index (κ3) is 1.85. The molecule has 0 aliphatic rings. The van der Waals surface area contributed by atoms with E-state index in [1.54, 1.807) is 6.07 Å². The zero-order chi connectivity index (χ0) is 10.9. The predicted octanol–water partition coefficient (Wildman–Crippen LogP) is 1.62. The molecule has 0 aliphatic heterocycles. The van der Waals surface area contributed by atoms with Gasteiger partial charge < -0.3 is 16.6 Å². The van der Waals surface area contributed by atoms with Gasteiger partial charge >= 0.3 is 0 Å². The summed E-state index contributed by atoms with van der Waals surface area (Å²) in [7, 11) is 0. The van der Waals surface area contributed by atoms with Crippen LogP contribution in [0.5, 0.6) is 5.75 Å². The fraction of sp³-hybridized carbons (Fsp3) is 0.400. The molecule has 0 amide bonds. The van der Waals surface area contributed by atoms with Gasteiger partial charge in [0.1, 0.15) is 5.75 Å². The fourth-order valence-corrected chi connectivity index (χ4v) is 1.56. The molecule has 0 radical (unpaired) electrons.